The van der Waals surface area contributed by atoms with E-state index >= 15 is 0 Å². The standard InChI is InChI=1S/C23H21BrClNO4/c1-2-27-21-9-16(12-26-17-7-8-20-22(10-17)30-14-29-20)18(24)11-23(21)28-13-15-5-3-4-6-19(15)25/h3-11,26H,2,12-14H2,1H3. The molecule has 4 rings (SSSR count). The second kappa shape index (κ2) is 9.49. The largest absolute Gasteiger partial charge is 0.490 e. The molecule has 1 aliphatic heterocycles. The van der Waals surface area contributed by atoms with Crippen molar-refractivity contribution in [1.82, 2.24) is 0 Å². The van der Waals surface area contributed by atoms with Crippen LogP contribution in [0.5, 0.6) is 23.0 Å². The Hall–Kier alpha value is -2.57. The van der Waals surface area contributed by atoms with Crippen LogP contribution in [0, 0.1) is 0 Å². The average Bonchev–Trinajstić information content (AvgIpc) is 3.22. The number of fused-ring (bicyclic) bond motifs is 1. The first-order valence-corrected chi connectivity index (χ1v) is 10.8. The number of anilines is 1. The van der Waals surface area contributed by atoms with E-state index in [0.29, 0.717) is 36.3 Å². The highest BCUT2D eigenvalue weighted by Gasteiger charge is 2.15. The van der Waals surface area contributed by atoms with E-state index in [1.54, 1.807) is 0 Å². The highest BCUT2D eigenvalue weighted by molar-refractivity contribution is 9.10. The van der Waals surface area contributed by atoms with Crippen LogP contribution < -0.4 is 24.3 Å². The SMILES string of the molecule is CCOc1cc(CNc2ccc3c(c2)OCO3)c(Br)cc1OCc1ccccc1Cl. The smallest absolute Gasteiger partial charge is 0.231 e. The van der Waals surface area contributed by atoms with Gasteiger partial charge in [-0.2, -0.15) is 0 Å². The molecule has 0 saturated carbocycles. The summed E-state index contributed by atoms with van der Waals surface area (Å²) >= 11 is 9.89. The Morgan fingerprint density at radius 3 is 2.60 bits per heavy atom. The summed E-state index contributed by atoms with van der Waals surface area (Å²) in [4.78, 5) is 0. The lowest BCUT2D eigenvalue weighted by Gasteiger charge is -2.16. The molecule has 0 atom stereocenters. The van der Waals surface area contributed by atoms with Gasteiger partial charge in [-0.15, -0.1) is 0 Å². The predicted octanol–water partition coefficient (Wildman–Crippen LogP) is 6.42. The predicted molar refractivity (Wildman–Crippen MR) is 121 cm³/mol. The van der Waals surface area contributed by atoms with Crippen molar-refractivity contribution in [2.45, 2.75) is 20.1 Å². The van der Waals surface area contributed by atoms with E-state index in [0.717, 1.165) is 32.8 Å². The highest BCUT2D eigenvalue weighted by atomic mass is 79.9. The number of hydrogen-bond donors (Lipinski definition) is 1. The molecular formula is C23H21BrClNO4. The third-order valence-corrected chi connectivity index (χ3v) is 5.72. The van der Waals surface area contributed by atoms with Gasteiger partial charge in [0.05, 0.1) is 6.61 Å². The van der Waals surface area contributed by atoms with Gasteiger partial charge in [0, 0.05) is 33.4 Å². The molecule has 0 spiro atoms. The molecular weight excluding hydrogens is 470 g/mol. The summed E-state index contributed by atoms with van der Waals surface area (Å²) in [5, 5.41) is 4.09. The number of nitrogens with one attached hydrogen (secondary N) is 1. The third kappa shape index (κ3) is 4.77. The van der Waals surface area contributed by atoms with Gasteiger partial charge in [-0.25, -0.2) is 0 Å². The van der Waals surface area contributed by atoms with Gasteiger partial charge in [0.15, 0.2) is 23.0 Å². The van der Waals surface area contributed by atoms with Crippen molar-refractivity contribution in [3.05, 3.63) is 75.2 Å². The Bertz CT molecular complexity index is 1040. The molecule has 0 unspecified atom stereocenters. The summed E-state index contributed by atoms with van der Waals surface area (Å²) in [7, 11) is 0. The summed E-state index contributed by atoms with van der Waals surface area (Å²) in [6.45, 7) is 3.72. The van der Waals surface area contributed by atoms with Crippen LogP contribution in [0.1, 0.15) is 18.1 Å². The monoisotopic (exact) mass is 489 g/mol. The van der Waals surface area contributed by atoms with Crippen molar-refractivity contribution in [1.29, 1.82) is 0 Å². The lowest BCUT2D eigenvalue weighted by atomic mass is 10.2. The third-order valence-electron chi connectivity index (χ3n) is 4.61. The number of benzene rings is 3. The Morgan fingerprint density at radius 1 is 0.967 bits per heavy atom. The first kappa shape index (κ1) is 20.7. The van der Waals surface area contributed by atoms with E-state index in [1.165, 1.54) is 0 Å². The van der Waals surface area contributed by atoms with Gasteiger partial charge in [-0.05, 0) is 42.8 Å². The van der Waals surface area contributed by atoms with Gasteiger partial charge in [-0.3, -0.25) is 0 Å². The minimum absolute atomic E-state index is 0.262. The molecule has 5 nitrogen and oxygen atoms in total. The molecule has 0 bridgehead atoms. The molecule has 0 aliphatic carbocycles. The Kier molecular flexibility index (Phi) is 6.55. The molecule has 3 aromatic rings. The number of halogens is 2. The maximum absolute atomic E-state index is 6.24. The van der Waals surface area contributed by atoms with E-state index in [-0.39, 0.29) is 6.79 Å². The molecule has 3 aromatic carbocycles. The molecule has 30 heavy (non-hydrogen) atoms. The summed E-state index contributed by atoms with van der Waals surface area (Å²) in [5.74, 6) is 2.86. The second-order valence-corrected chi connectivity index (χ2v) is 7.89. The summed E-state index contributed by atoms with van der Waals surface area (Å²) in [6.07, 6.45) is 0. The maximum Gasteiger partial charge on any atom is 0.231 e. The van der Waals surface area contributed by atoms with Crippen LogP contribution in [0.3, 0.4) is 0 Å². The molecule has 0 amide bonds. The van der Waals surface area contributed by atoms with Crippen LogP contribution in [0.15, 0.2) is 59.1 Å². The first-order chi connectivity index (χ1) is 14.6. The van der Waals surface area contributed by atoms with Crippen molar-refractivity contribution < 1.29 is 18.9 Å². The van der Waals surface area contributed by atoms with E-state index < -0.39 is 0 Å². The number of rotatable bonds is 8. The quantitative estimate of drug-likeness (QED) is 0.395. The van der Waals surface area contributed by atoms with E-state index in [9.17, 15) is 0 Å². The topological polar surface area (TPSA) is 49.0 Å². The molecule has 1 heterocycles. The normalized spacial score (nSPS) is 12.0. The molecule has 1 aliphatic rings. The van der Waals surface area contributed by atoms with Crippen molar-refractivity contribution >= 4 is 33.2 Å². The van der Waals surface area contributed by atoms with Crippen LogP contribution in [0.4, 0.5) is 5.69 Å². The zero-order valence-corrected chi connectivity index (χ0v) is 18.8. The molecule has 0 radical (unpaired) electrons. The van der Waals surface area contributed by atoms with E-state index in [2.05, 4.69) is 21.2 Å². The maximum atomic E-state index is 6.24. The van der Waals surface area contributed by atoms with Crippen LogP contribution in [0.25, 0.3) is 0 Å². The molecule has 0 fully saturated rings. The minimum atomic E-state index is 0.262. The average molecular weight is 491 g/mol. The fraction of sp³-hybridized carbons (Fsp3) is 0.217. The van der Waals surface area contributed by atoms with Crippen molar-refractivity contribution in [3.63, 3.8) is 0 Å². The van der Waals surface area contributed by atoms with Gasteiger partial charge in [0.2, 0.25) is 6.79 Å². The summed E-state index contributed by atoms with van der Waals surface area (Å²) < 4.78 is 23.6. The zero-order valence-electron chi connectivity index (χ0n) is 16.4. The minimum Gasteiger partial charge on any atom is -0.490 e. The van der Waals surface area contributed by atoms with Crippen molar-refractivity contribution in [3.8, 4) is 23.0 Å². The highest BCUT2D eigenvalue weighted by Crippen LogP contribution is 2.37. The zero-order chi connectivity index (χ0) is 20.9. The Labute approximate surface area is 189 Å². The first-order valence-electron chi connectivity index (χ1n) is 9.59. The van der Waals surface area contributed by atoms with Crippen molar-refractivity contribution in [2.24, 2.45) is 0 Å². The van der Waals surface area contributed by atoms with Crippen LogP contribution in [-0.2, 0) is 13.2 Å². The molecule has 0 saturated heterocycles. The Morgan fingerprint density at radius 2 is 1.77 bits per heavy atom. The molecule has 0 aromatic heterocycles. The second-order valence-electron chi connectivity index (χ2n) is 6.63. The summed E-state index contributed by atoms with van der Waals surface area (Å²) in [6, 6.07) is 17.3. The van der Waals surface area contributed by atoms with Crippen molar-refractivity contribution in [2.75, 3.05) is 18.7 Å². The van der Waals surface area contributed by atoms with E-state index in [1.807, 2.05) is 61.5 Å². The van der Waals surface area contributed by atoms with Gasteiger partial charge < -0.3 is 24.3 Å². The van der Waals surface area contributed by atoms with Gasteiger partial charge in [0.25, 0.3) is 0 Å². The number of hydrogen-bond acceptors (Lipinski definition) is 5. The van der Waals surface area contributed by atoms with Crippen LogP contribution in [0.2, 0.25) is 5.02 Å². The van der Waals surface area contributed by atoms with E-state index in [4.69, 9.17) is 30.5 Å². The van der Waals surface area contributed by atoms with Gasteiger partial charge >= 0.3 is 0 Å². The molecule has 156 valence electrons. The fourth-order valence-corrected chi connectivity index (χ4v) is 3.72. The molecule has 7 heteroatoms. The number of ether oxygens (including phenoxy) is 4. The fourth-order valence-electron chi connectivity index (χ4n) is 3.07. The Balaban J connectivity index is 1.48. The van der Waals surface area contributed by atoms with Crippen LogP contribution in [-0.4, -0.2) is 13.4 Å². The van der Waals surface area contributed by atoms with Gasteiger partial charge in [-0.1, -0.05) is 45.7 Å². The summed E-state index contributed by atoms with van der Waals surface area (Å²) in [5.41, 5.74) is 2.91. The van der Waals surface area contributed by atoms with Gasteiger partial charge in [0.1, 0.15) is 6.61 Å². The lowest BCUT2D eigenvalue weighted by Crippen LogP contribution is -2.04. The van der Waals surface area contributed by atoms with Crippen LogP contribution >= 0.6 is 27.5 Å². The lowest BCUT2D eigenvalue weighted by molar-refractivity contribution is 0.174. The molecule has 1 N–H and O–H groups in total.